The predicted molar refractivity (Wildman–Crippen MR) is 51.3 cm³/mol. The number of ether oxygens (including phenoxy) is 1. The summed E-state index contributed by atoms with van der Waals surface area (Å²) in [7, 11) is 0. The maximum absolute atomic E-state index is 12.6. The summed E-state index contributed by atoms with van der Waals surface area (Å²) >= 11 is 0. The minimum atomic E-state index is -4.50. The Hall–Kier alpha value is -1.39. The third kappa shape index (κ3) is 2.59. The molecule has 16 heavy (non-hydrogen) atoms. The van der Waals surface area contributed by atoms with Gasteiger partial charge in [-0.1, -0.05) is 0 Å². The Labute approximate surface area is 90.7 Å². The Morgan fingerprint density at radius 1 is 1.31 bits per heavy atom. The number of phenols is 1. The minimum Gasteiger partial charge on any atom is -0.508 e. The van der Waals surface area contributed by atoms with E-state index in [2.05, 4.69) is 0 Å². The summed E-state index contributed by atoms with van der Waals surface area (Å²) in [5, 5.41) is 9.04. The molecule has 1 aromatic rings. The highest BCUT2D eigenvalue weighted by atomic mass is 19.4. The topological polar surface area (TPSA) is 29.5 Å². The second-order valence-electron chi connectivity index (χ2n) is 3.93. The summed E-state index contributed by atoms with van der Waals surface area (Å²) in [6.07, 6.45) is -2.48. The lowest BCUT2D eigenvalue weighted by molar-refractivity contribution is -0.139. The van der Waals surface area contributed by atoms with Gasteiger partial charge in [0, 0.05) is 0 Å². The van der Waals surface area contributed by atoms with E-state index in [0.717, 1.165) is 18.9 Å². The van der Waals surface area contributed by atoms with Crippen LogP contribution in [0.2, 0.25) is 0 Å². The van der Waals surface area contributed by atoms with Gasteiger partial charge in [0.1, 0.15) is 17.1 Å². The molecule has 1 aromatic carbocycles. The zero-order valence-electron chi connectivity index (χ0n) is 8.42. The van der Waals surface area contributed by atoms with Gasteiger partial charge in [-0.15, -0.1) is 0 Å². The van der Waals surface area contributed by atoms with Gasteiger partial charge < -0.3 is 9.84 Å². The molecule has 0 bridgehead atoms. The molecule has 88 valence electrons. The predicted octanol–water partition coefficient (Wildman–Crippen LogP) is 3.20. The van der Waals surface area contributed by atoms with Crippen LogP contribution in [0.25, 0.3) is 0 Å². The summed E-state index contributed by atoms with van der Waals surface area (Å²) in [6.45, 7) is 0.313. The van der Waals surface area contributed by atoms with Gasteiger partial charge in [-0.2, -0.15) is 13.2 Å². The Bertz CT molecular complexity index is 383. The molecular formula is C11H11F3O2. The van der Waals surface area contributed by atoms with Crippen molar-refractivity contribution in [2.45, 2.75) is 19.0 Å². The van der Waals surface area contributed by atoms with Crippen LogP contribution in [-0.2, 0) is 6.18 Å². The van der Waals surface area contributed by atoms with Crippen LogP contribution in [0.5, 0.6) is 11.5 Å². The van der Waals surface area contributed by atoms with Crippen LogP contribution >= 0.6 is 0 Å². The molecule has 1 aliphatic carbocycles. The largest absolute Gasteiger partial charge is 0.508 e. The van der Waals surface area contributed by atoms with Gasteiger partial charge in [0.05, 0.1) is 6.61 Å². The third-order valence-corrected chi connectivity index (χ3v) is 2.44. The van der Waals surface area contributed by atoms with E-state index in [4.69, 9.17) is 9.84 Å². The molecule has 0 saturated heterocycles. The average molecular weight is 232 g/mol. The van der Waals surface area contributed by atoms with Crippen LogP contribution in [0.15, 0.2) is 18.2 Å². The van der Waals surface area contributed by atoms with Gasteiger partial charge in [-0.05, 0) is 37.0 Å². The fourth-order valence-corrected chi connectivity index (χ4v) is 1.36. The summed E-state index contributed by atoms with van der Waals surface area (Å²) in [4.78, 5) is 0. The van der Waals surface area contributed by atoms with Crippen molar-refractivity contribution in [2.24, 2.45) is 5.92 Å². The SMILES string of the molecule is Oc1ccc(OCC2CC2)c(C(F)(F)F)c1. The van der Waals surface area contributed by atoms with E-state index in [9.17, 15) is 13.2 Å². The van der Waals surface area contributed by atoms with Crippen LogP contribution in [0.4, 0.5) is 13.2 Å². The van der Waals surface area contributed by atoms with Gasteiger partial charge in [0.2, 0.25) is 0 Å². The van der Waals surface area contributed by atoms with Crippen LogP contribution in [-0.4, -0.2) is 11.7 Å². The minimum absolute atomic E-state index is 0.211. The third-order valence-electron chi connectivity index (χ3n) is 2.44. The number of hydrogen-bond donors (Lipinski definition) is 1. The molecule has 0 atom stereocenters. The quantitative estimate of drug-likeness (QED) is 0.867. The van der Waals surface area contributed by atoms with Crippen molar-refractivity contribution in [3.05, 3.63) is 23.8 Å². The second-order valence-corrected chi connectivity index (χ2v) is 3.93. The molecule has 0 spiro atoms. The number of aromatic hydroxyl groups is 1. The van der Waals surface area contributed by atoms with Gasteiger partial charge in [0.15, 0.2) is 0 Å². The van der Waals surface area contributed by atoms with Crippen molar-refractivity contribution in [1.82, 2.24) is 0 Å². The highest BCUT2D eigenvalue weighted by molar-refractivity contribution is 5.41. The normalized spacial score (nSPS) is 16.2. The van der Waals surface area contributed by atoms with Gasteiger partial charge in [-0.25, -0.2) is 0 Å². The first-order valence-corrected chi connectivity index (χ1v) is 5.00. The lowest BCUT2D eigenvalue weighted by Gasteiger charge is -2.13. The monoisotopic (exact) mass is 232 g/mol. The van der Waals surface area contributed by atoms with Gasteiger partial charge in [-0.3, -0.25) is 0 Å². The summed E-state index contributed by atoms with van der Waals surface area (Å²) in [5.74, 6) is -0.238. The summed E-state index contributed by atoms with van der Waals surface area (Å²) in [5.41, 5.74) is -0.923. The highest BCUT2D eigenvalue weighted by Gasteiger charge is 2.35. The number of rotatable bonds is 3. The molecule has 2 nitrogen and oxygen atoms in total. The Morgan fingerprint density at radius 3 is 2.56 bits per heavy atom. The lowest BCUT2D eigenvalue weighted by atomic mass is 10.2. The zero-order valence-corrected chi connectivity index (χ0v) is 8.42. The maximum atomic E-state index is 12.6. The van der Waals surface area contributed by atoms with Crippen molar-refractivity contribution in [1.29, 1.82) is 0 Å². The van der Waals surface area contributed by atoms with Crippen molar-refractivity contribution in [3.63, 3.8) is 0 Å². The first-order valence-electron chi connectivity index (χ1n) is 5.00. The van der Waals surface area contributed by atoms with E-state index in [0.29, 0.717) is 18.6 Å². The molecule has 0 heterocycles. The fourth-order valence-electron chi connectivity index (χ4n) is 1.36. The highest BCUT2D eigenvalue weighted by Crippen LogP contribution is 2.39. The maximum Gasteiger partial charge on any atom is 0.420 e. The molecule has 0 unspecified atom stereocenters. The lowest BCUT2D eigenvalue weighted by Crippen LogP contribution is -2.09. The molecule has 1 saturated carbocycles. The smallest absolute Gasteiger partial charge is 0.420 e. The molecule has 1 N–H and O–H groups in total. The van der Waals surface area contributed by atoms with E-state index in [1.807, 2.05) is 0 Å². The van der Waals surface area contributed by atoms with E-state index in [-0.39, 0.29) is 5.75 Å². The summed E-state index contributed by atoms with van der Waals surface area (Å²) < 4.78 is 42.8. The van der Waals surface area contributed by atoms with Crippen LogP contribution in [0, 0.1) is 5.92 Å². The van der Waals surface area contributed by atoms with Crippen LogP contribution < -0.4 is 4.74 Å². The number of hydrogen-bond acceptors (Lipinski definition) is 2. The standard InChI is InChI=1S/C11H11F3O2/c12-11(13,14)9-5-8(15)3-4-10(9)16-6-7-1-2-7/h3-5,7,15H,1-2,6H2. The Balaban J connectivity index is 2.20. The van der Waals surface area contributed by atoms with Crippen LogP contribution in [0.3, 0.4) is 0 Å². The second kappa shape index (κ2) is 3.88. The Morgan fingerprint density at radius 2 is 2.00 bits per heavy atom. The van der Waals surface area contributed by atoms with Crippen molar-refractivity contribution >= 4 is 0 Å². The molecule has 0 aromatic heterocycles. The molecular weight excluding hydrogens is 221 g/mol. The molecule has 0 radical (unpaired) electrons. The molecule has 2 rings (SSSR count). The number of halogens is 3. The van der Waals surface area contributed by atoms with Crippen molar-refractivity contribution in [3.8, 4) is 11.5 Å². The van der Waals surface area contributed by atoms with E-state index in [1.54, 1.807) is 0 Å². The van der Waals surface area contributed by atoms with E-state index >= 15 is 0 Å². The molecule has 1 aliphatic rings. The van der Waals surface area contributed by atoms with Gasteiger partial charge in [0.25, 0.3) is 0 Å². The first kappa shape index (κ1) is 11.1. The first-order chi connectivity index (χ1) is 7.47. The number of alkyl halides is 3. The molecule has 0 aliphatic heterocycles. The van der Waals surface area contributed by atoms with Crippen molar-refractivity contribution in [2.75, 3.05) is 6.61 Å². The summed E-state index contributed by atoms with van der Waals surface area (Å²) in [6, 6.07) is 3.03. The Kier molecular flexibility index (Phi) is 2.69. The van der Waals surface area contributed by atoms with E-state index in [1.165, 1.54) is 6.07 Å². The molecule has 5 heteroatoms. The average Bonchev–Trinajstić information content (AvgIpc) is 2.98. The fraction of sp³-hybridized carbons (Fsp3) is 0.455. The van der Waals surface area contributed by atoms with Crippen molar-refractivity contribution < 1.29 is 23.0 Å². The number of benzene rings is 1. The van der Waals surface area contributed by atoms with Gasteiger partial charge >= 0.3 is 6.18 Å². The zero-order chi connectivity index (χ0) is 11.8. The van der Waals surface area contributed by atoms with Crippen LogP contribution in [0.1, 0.15) is 18.4 Å². The number of phenolic OH excluding ortho intramolecular Hbond substituents is 1. The van der Waals surface area contributed by atoms with E-state index < -0.39 is 17.5 Å². The molecule has 0 amide bonds. The molecule has 1 fully saturated rings.